The second-order valence-corrected chi connectivity index (χ2v) is 8.59. The van der Waals surface area contributed by atoms with Crippen LogP contribution in [0.15, 0.2) is 59.4 Å². The van der Waals surface area contributed by atoms with Crippen molar-refractivity contribution in [3.05, 3.63) is 87.6 Å². The van der Waals surface area contributed by atoms with E-state index in [2.05, 4.69) is 98.2 Å². The van der Waals surface area contributed by atoms with Crippen molar-refractivity contribution in [1.82, 2.24) is 4.57 Å². The van der Waals surface area contributed by atoms with E-state index in [0.29, 0.717) is 0 Å². The van der Waals surface area contributed by atoms with Gasteiger partial charge in [-0.2, -0.15) is 13.9 Å². The first kappa shape index (κ1) is 28.9. The standard InChI is InChI=1S/C30H39N4O.ClH/c1-7-33(8-2)26-17-11-24(12-18-26)15-21-28-23-29(32(6)30(35)31(28)5)22-16-25-13-19-27(20-14-25)34(9-3)10-4;/h11-23H,7-10H2,1-6H3;1H/q+1;/p-1. The third-order valence-corrected chi connectivity index (χ3v) is 6.58. The van der Waals surface area contributed by atoms with Crippen LogP contribution in [0.2, 0.25) is 0 Å². The van der Waals surface area contributed by atoms with Crippen molar-refractivity contribution in [2.24, 2.45) is 14.1 Å². The van der Waals surface area contributed by atoms with Gasteiger partial charge in [0.05, 0.1) is 14.1 Å². The number of rotatable bonds is 10. The van der Waals surface area contributed by atoms with Crippen LogP contribution in [-0.2, 0) is 14.1 Å². The fourth-order valence-corrected chi connectivity index (χ4v) is 4.24. The highest BCUT2D eigenvalue weighted by molar-refractivity contribution is 5.72. The van der Waals surface area contributed by atoms with Gasteiger partial charge in [0.15, 0.2) is 0 Å². The Hall–Kier alpha value is -3.31. The van der Waals surface area contributed by atoms with E-state index in [9.17, 15) is 4.79 Å². The van der Waals surface area contributed by atoms with Crippen LogP contribution in [-0.4, -0.2) is 30.7 Å². The average molecular weight is 507 g/mol. The monoisotopic (exact) mass is 506 g/mol. The average Bonchev–Trinajstić information content (AvgIpc) is 2.89. The molecule has 0 saturated carbocycles. The van der Waals surface area contributed by atoms with E-state index >= 15 is 0 Å². The second-order valence-electron chi connectivity index (χ2n) is 8.59. The molecule has 0 aliphatic rings. The summed E-state index contributed by atoms with van der Waals surface area (Å²) in [6, 6.07) is 19.1. The van der Waals surface area contributed by atoms with Crippen molar-refractivity contribution >= 4 is 35.7 Å². The third kappa shape index (κ3) is 6.88. The highest BCUT2D eigenvalue weighted by Crippen LogP contribution is 2.18. The van der Waals surface area contributed by atoms with Gasteiger partial charge >= 0.3 is 5.69 Å². The Morgan fingerprint density at radius 1 is 0.722 bits per heavy atom. The summed E-state index contributed by atoms with van der Waals surface area (Å²) in [5, 5.41) is 0. The Bertz CT molecular complexity index is 1130. The Balaban J connectivity index is 0.00000456. The van der Waals surface area contributed by atoms with Crippen molar-refractivity contribution in [2.75, 3.05) is 36.0 Å². The predicted molar refractivity (Wildman–Crippen MR) is 151 cm³/mol. The van der Waals surface area contributed by atoms with Gasteiger partial charge in [-0.25, -0.2) is 0 Å². The molecular weight excluding hydrogens is 468 g/mol. The summed E-state index contributed by atoms with van der Waals surface area (Å²) < 4.78 is 3.36. The molecule has 0 spiro atoms. The van der Waals surface area contributed by atoms with Crippen molar-refractivity contribution in [2.45, 2.75) is 27.7 Å². The fraction of sp³-hybridized carbons (Fsp3) is 0.333. The van der Waals surface area contributed by atoms with Gasteiger partial charge < -0.3 is 22.2 Å². The highest BCUT2D eigenvalue weighted by atomic mass is 35.5. The van der Waals surface area contributed by atoms with Crippen molar-refractivity contribution < 1.29 is 17.0 Å². The zero-order chi connectivity index (χ0) is 25.4. The molecule has 0 aliphatic heterocycles. The molecular formula is C30H39ClN4O. The molecule has 0 amide bonds. The lowest BCUT2D eigenvalue weighted by Gasteiger charge is -2.20. The van der Waals surface area contributed by atoms with E-state index in [4.69, 9.17) is 0 Å². The number of aromatic nitrogens is 2. The van der Waals surface area contributed by atoms with Crippen LogP contribution in [0, 0.1) is 0 Å². The smallest absolute Gasteiger partial charge is 0.498 e. The van der Waals surface area contributed by atoms with E-state index < -0.39 is 0 Å². The molecule has 0 atom stereocenters. The number of hydrogen-bond donors (Lipinski definition) is 0. The molecule has 0 radical (unpaired) electrons. The van der Waals surface area contributed by atoms with E-state index in [1.165, 1.54) is 11.4 Å². The van der Waals surface area contributed by atoms with Gasteiger partial charge in [-0.3, -0.25) is 0 Å². The predicted octanol–water partition coefficient (Wildman–Crippen LogP) is 2.25. The molecule has 3 aromatic rings. The maximum absolute atomic E-state index is 12.9. The maximum atomic E-state index is 12.9. The van der Waals surface area contributed by atoms with Crippen molar-refractivity contribution in [1.29, 1.82) is 0 Å². The van der Waals surface area contributed by atoms with Gasteiger partial charge in [-0.15, -0.1) is 0 Å². The molecule has 6 heteroatoms. The van der Waals surface area contributed by atoms with Crippen LogP contribution >= 0.6 is 0 Å². The first-order chi connectivity index (χ1) is 16.9. The van der Waals surface area contributed by atoms with Crippen LogP contribution in [0.4, 0.5) is 11.4 Å². The molecule has 2 aromatic carbocycles. The van der Waals surface area contributed by atoms with Gasteiger partial charge in [0.1, 0.15) is 11.4 Å². The molecule has 1 heterocycles. The number of nitrogens with zero attached hydrogens (tertiary/aromatic N) is 4. The lowest BCUT2D eigenvalue weighted by atomic mass is 10.1. The van der Waals surface area contributed by atoms with E-state index in [1.54, 1.807) is 9.13 Å². The largest absolute Gasteiger partial charge is 1.00 e. The number of hydrogen-bond acceptors (Lipinski definition) is 3. The van der Waals surface area contributed by atoms with Crippen molar-refractivity contribution in [3.63, 3.8) is 0 Å². The molecule has 5 nitrogen and oxygen atoms in total. The van der Waals surface area contributed by atoms with Crippen LogP contribution in [0.3, 0.4) is 0 Å². The van der Waals surface area contributed by atoms with E-state index in [-0.39, 0.29) is 18.1 Å². The second kappa shape index (κ2) is 13.7. The highest BCUT2D eigenvalue weighted by Gasteiger charge is 2.13. The Morgan fingerprint density at radius 2 is 1.14 bits per heavy atom. The normalized spacial score (nSPS) is 11.2. The molecule has 0 unspecified atom stereocenters. The van der Waals surface area contributed by atoms with E-state index in [0.717, 1.165) is 48.7 Å². The molecule has 36 heavy (non-hydrogen) atoms. The minimum absolute atomic E-state index is 0. The van der Waals surface area contributed by atoms with Gasteiger partial charge in [0.2, 0.25) is 0 Å². The molecule has 0 fully saturated rings. The van der Waals surface area contributed by atoms with Crippen LogP contribution in [0.1, 0.15) is 50.2 Å². The number of halogens is 1. The summed E-state index contributed by atoms with van der Waals surface area (Å²) in [6.45, 7) is 12.6. The van der Waals surface area contributed by atoms with Gasteiger partial charge in [0.25, 0.3) is 0 Å². The zero-order valence-corrected chi connectivity index (χ0v) is 23.2. The number of anilines is 2. The summed E-state index contributed by atoms with van der Waals surface area (Å²) in [5.74, 6) is 0. The van der Waals surface area contributed by atoms with Gasteiger partial charge in [-0.05, 0) is 75.2 Å². The topological polar surface area (TPSA) is 32.4 Å². The summed E-state index contributed by atoms with van der Waals surface area (Å²) in [5.41, 5.74) is 6.32. The minimum atomic E-state index is -0.0550. The molecule has 1 aromatic heterocycles. The maximum Gasteiger partial charge on any atom is 0.498 e. The fourth-order valence-electron chi connectivity index (χ4n) is 4.24. The minimum Gasteiger partial charge on any atom is -1.00 e. The lowest BCUT2D eigenvalue weighted by Crippen LogP contribution is -3.00. The summed E-state index contributed by atoms with van der Waals surface area (Å²) >= 11 is 0. The van der Waals surface area contributed by atoms with Gasteiger partial charge in [-0.1, -0.05) is 36.4 Å². The van der Waals surface area contributed by atoms with Crippen LogP contribution in [0.5, 0.6) is 0 Å². The molecule has 0 aliphatic carbocycles. The SMILES string of the molecule is CCN(CC)c1ccc(/C=C/c2cc(/C=C/c3ccc(N(CC)CC)cc3)[n+](C)c(=O)n2C)cc1.[Cl-]. The Morgan fingerprint density at radius 3 is 1.56 bits per heavy atom. The Labute approximate surface area is 222 Å². The lowest BCUT2D eigenvalue weighted by molar-refractivity contribution is -0.692. The molecule has 0 N–H and O–H groups in total. The summed E-state index contributed by atoms with van der Waals surface area (Å²) in [4.78, 5) is 17.5. The van der Waals surface area contributed by atoms with Crippen molar-refractivity contribution in [3.8, 4) is 0 Å². The first-order valence-electron chi connectivity index (χ1n) is 12.6. The molecule has 0 bridgehead atoms. The summed E-state index contributed by atoms with van der Waals surface area (Å²) in [7, 11) is 3.62. The quantitative estimate of drug-likeness (QED) is 0.395. The third-order valence-electron chi connectivity index (χ3n) is 6.58. The van der Waals surface area contributed by atoms with Crippen LogP contribution in [0.25, 0.3) is 24.3 Å². The molecule has 192 valence electrons. The van der Waals surface area contributed by atoms with Crippen LogP contribution < -0.4 is 32.5 Å². The first-order valence-corrected chi connectivity index (χ1v) is 12.6. The number of benzene rings is 2. The summed E-state index contributed by atoms with van der Waals surface area (Å²) in [6.07, 6.45) is 8.12. The zero-order valence-electron chi connectivity index (χ0n) is 22.4. The molecule has 3 rings (SSSR count). The molecule has 0 saturated heterocycles. The van der Waals surface area contributed by atoms with Gasteiger partial charge in [0, 0.05) is 43.6 Å². The Kier molecular flexibility index (Phi) is 11.0. The van der Waals surface area contributed by atoms with E-state index in [1.807, 2.05) is 32.3 Å².